The molecule has 1 aromatic heterocycles. The fraction of sp³-hybridized carbons (Fsp3) is 0. The third-order valence-corrected chi connectivity index (χ3v) is 0.983. The zero-order valence-corrected chi connectivity index (χ0v) is 5.30. The normalized spacial score (nSPS) is 9.45. The van der Waals surface area contributed by atoms with Crippen LogP contribution < -0.4 is 11.4 Å². The summed E-state index contributed by atoms with van der Waals surface area (Å²) in [6, 6.07) is 1.17. The molecule has 0 aromatic carbocycles. The maximum Gasteiger partial charge on any atom is 0.408 e. The standard InChI is InChI=1S/C4H4N4O3/c5-3-1-2-7(8(10)11)4(9)6-3/h1-2H,(H2,5,6,9). The summed E-state index contributed by atoms with van der Waals surface area (Å²) < 4.78 is 0.246. The maximum absolute atomic E-state index is 10.6. The van der Waals surface area contributed by atoms with Gasteiger partial charge in [0.25, 0.3) is 0 Å². The van der Waals surface area contributed by atoms with Crippen molar-refractivity contribution in [3.63, 3.8) is 0 Å². The number of hydrogen-bond donors (Lipinski definition) is 1. The molecule has 11 heavy (non-hydrogen) atoms. The number of nitro groups is 1. The van der Waals surface area contributed by atoms with E-state index in [1.165, 1.54) is 6.07 Å². The summed E-state index contributed by atoms with van der Waals surface area (Å²) in [5.41, 5.74) is 4.09. The lowest BCUT2D eigenvalue weighted by molar-refractivity contribution is -0.545. The van der Waals surface area contributed by atoms with Gasteiger partial charge < -0.3 is 5.73 Å². The topological polar surface area (TPSA) is 104 Å². The molecule has 7 nitrogen and oxygen atoms in total. The molecular weight excluding hydrogens is 152 g/mol. The Balaban J connectivity index is 3.32. The second-order valence-corrected chi connectivity index (χ2v) is 1.72. The van der Waals surface area contributed by atoms with Crippen LogP contribution in [-0.4, -0.2) is 14.7 Å². The minimum atomic E-state index is -0.991. The van der Waals surface area contributed by atoms with Crippen LogP contribution in [0.1, 0.15) is 0 Å². The van der Waals surface area contributed by atoms with E-state index in [-0.39, 0.29) is 10.5 Å². The van der Waals surface area contributed by atoms with Crippen molar-refractivity contribution < 1.29 is 5.03 Å². The predicted molar refractivity (Wildman–Crippen MR) is 35.3 cm³/mol. The Morgan fingerprint density at radius 1 is 1.73 bits per heavy atom. The van der Waals surface area contributed by atoms with E-state index in [1.54, 1.807) is 0 Å². The largest absolute Gasteiger partial charge is 0.408 e. The lowest BCUT2D eigenvalue weighted by atomic mass is 10.6. The molecule has 0 saturated carbocycles. The molecule has 0 atom stereocenters. The number of nitrogens with zero attached hydrogens (tertiary/aromatic N) is 3. The summed E-state index contributed by atoms with van der Waals surface area (Å²) in [4.78, 5) is 23.8. The highest BCUT2D eigenvalue weighted by Gasteiger charge is 2.04. The molecule has 1 aromatic rings. The van der Waals surface area contributed by atoms with E-state index in [2.05, 4.69) is 4.98 Å². The first-order valence-corrected chi connectivity index (χ1v) is 2.61. The highest BCUT2D eigenvalue weighted by molar-refractivity contribution is 5.22. The quantitative estimate of drug-likeness (QED) is 0.409. The van der Waals surface area contributed by atoms with Crippen LogP contribution in [-0.2, 0) is 0 Å². The van der Waals surface area contributed by atoms with E-state index in [0.717, 1.165) is 6.20 Å². The SMILES string of the molecule is Nc1ccn([N+](=O)[O-])c(=O)n1. The molecule has 58 valence electrons. The first-order chi connectivity index (χ1) is 5.11. The van der Waals surface area contributed by atoms with Gasteiger partial charge in [0.05, 0.1) is 6.20 Å². The van der Waals surface area contributed by atoms with Gasteiger partial charge in [-0.3, -0.25) is 0 Å². The molecule has 0 spiro atoms. The van der Waals surface area contributed by atoms with Crippen molar-refractivity contribution in [3.8, 4) is 0 Å². The van der Waals surface area contributed by atoms with Gasteiger partial charge in [-0.05, 0) is 4.68 Å². The summed E-state index contributed by atoms with van der Waals surface area (Å²) in [6.45, 7) is 0. The van der Waals surface area contributed by atoms with E-state index < -0.39 is 10.7 Å². The molecule has 0 amide bonds. The summed E-state index contributed by atoms with van der Waals surface area (Å²) in [6.07, 6.45) is 0.949. The molecular formula is C4H4N4O3. The number of aromatic nitrogens is 2. The molecule has 0 aliphatic heterocycles. The number of rotatable bonds is 1. The van der Waals surface area contributed by atoms with Gasteiger partial charge in [-0.15, -0.1) is 0 Å². The van der Waals surface area contributed by atoms with Crippen molar-refractivity contribution in [1.29, 1.82) is 0 Å². The van der Waals surface area contributed by atoms with Crippen LogP contribution >= 0.6 is 0 Å². The first kappa shape index (κ1) is 7.19. The van der Waals surface area contributed by atoms with Crippen LogP contribution in [0.4, 0.5) is 5.82 Å². The minimum absolute atomic E-state index is 0.0342. The molecule has 0 bridgehead atoms. The third kappa shape index (κ3) is 1.31. The van der Waals surface area contributed by atoms with Crippen LogP contribution in [0.3, 0.4) is 0 Å². The van der Waals surface area contributed by atoms with Gasteiger partial charge in [0.15, 0.2) is 5.03 Å². The van der Waals surface area contributed by atoms with E-state index in [4.69, 9.17) is 5.73 Å². The highest BCUT2D eigenvalue weighted by atomic mass is 16.7. The average Bonchev–Trinajstić information content (AvgIpc) is 1.85. The molecule has 7 heteroatoms. The second kappa shape index (κ2) is 2.37. The Bertz CT molecular complexity index is 343. The van der Waals surface area contributed by atoms with E-state index in [0.29, 0.717) is 0 Å². The van der Waals surface area contributed by atoms with Gasteiger partial charge >= 0.3 is 5.69 Å². The number of hydrogen-bond acceptors (Lipinski definition) is 5. The van der Waals surface area contributed by atoms with E-state index in [1.807, 2.05) is 0 Å². The highest BCUT2D eigenvalue weighted by Crippen LogP contribution is 1.87. The molecule has 0 aliphatic rings. The van der Waals surface area contributed by atoms with Gasteiger partial charge in [-0.1, -0.05) is 0 Å². The third-order valence-electron chi connectivity index (χ3n) is 0.983. The maximum atomic E-state index is 10.6. The Kier molecular flexibility index (Phi) is 1.55. The van der Waals surface area contributed by atoms with Crippen molar-refractivity contribution in [2.45, 2.75) is 0 Å². The summed E-state index contributed by atoms with van der Waals surface area (Å²) >= 11 is 0. The fourth-order valence-corrected chi connectivity index (χ4v) is 0.534. The van der Waals surface area contributed by atoms with Crippen molar-refractivity contribution in [1.82, 2.24) is 9.66 Å². The van der Waals surface area contributed by atoms with Gasteiger partial charge in [-0.25, -0.2) is 14.9 Å². The molecule has 0 unspecified atom stereocenters. The van der Waals surface area contributed by atoms with Gasteiger partial charge in [-0.2, -0.15) is 4.98 Å². The second-order valence-electron chi connectivity index (χ2n) is 1.72. The van der Waals surface area contributed by atoms with Gasteiger partial charge in [0.1, 0.15) is 5.82 Å². The lowest BCUT2D eigenvalue weighted by Crippen LogP contribution is -2.28. The molecule has 0 aliphatic carbocycles. The molecule has 0 fully saturated rings. The lowest BCUT2D eigenvalue weighted by Gasteiger charge is -1.91. The van der Waals surface area contributed by atoms with Crippen LogP contribution in [0.5, 0.6) is 0 Å². The van der Waals surface area contributed by atoms with Crippen molar-refractivity contribution in [2.24, 2.45) is 0 Å². The molecule has 1 rings (SSSR count). The Morgan fingerprint density at radius 2 is 2.36 bits per heavy atom. The van der Waals surface area contributed by atoms with Crippen molar-refractivity contribution in [3.05, 3.63) is 32.9 Å². The minimum Gasteiger partial charge on any atom is -0.383 e. The molecule has 0 saturated heterocycles. The first-order valence-electron chi connectivity index (χ1n) is 2.61. The zero-order valence-electron chi connectivity index (χ0n) is 5.30. The van der Waals surface area contributed by atoms with E-state index >= 15 is 0 Å². The van der Waals surface area contributed by atoms with Crippen LogP contribution in [0.2, 0.25) is 0 Å². The summed E-state index contributed by atoms with van der Waals surface area (Å²) in [5, 5.41) is 9.14. The van der Waals surface area contributed by atoms with Crippen LogP contribution in [0, 0.1) is 10.1 Å². The Labute approximate surface area is 60.2 Å². The van der Waals surface area contributed by atoms with Crippen molar-refractivity contribution >= 4 is 5.82 Å². The average molecular weight is 156 g/mol. The van der Waals surface area contributed by atoms with Crippen LogP contribution in [0.15, 0.2) is 17.1 Å². The molecule has 1 heterocycles. The molecule has 2 N–H and O–H groups in total. The smallest absolute Gasteiger partial charge is 0.383 e. The van der Waals surface area contributed by atoms with Gasteiger partial charge in [0, 0.05) is 6.07 Å². The van der Waals surface area contributed by atoms with E-state index in [9.17, 15) is 14.9 Å². The summed E-state index contributed by atoms with van der Waals surface area (Å²) in [5.74, 6) is -0.0342. The monoisotopic (exact) mass is 156 g/mol. The number of nitrogen functional groups attached to an aromatic ring is 1. The fourth-order valence-electron chi connectivity index (χ4n) is 0.534. The zero-order chi connectivity index (χ0) is 8.43. The van der Waals surface area contributed by atoms with Crippen molar-refractivity contribution in [2.75, 3.05) is 5.73 Å². The predicted octanol–water partition coefficient (Wildman–Crippen LogP) is -1.13. The number of anilines is 1. The van der Waals surface area contributed by atoms with Crippen LogP contribution in [0.25, 0.3) is 0 Å². The van der Waals surface area contributed by atoms with Gasteiger partial charge in [0.2, 0.25) is 0 Å². The Morgan fingerprint density at radius 3 is 2.82 bits per heavy atom. The summed E-state index contributed by atoms with van der Waals surface area (Å²) in [7, 11) is 0. The number of nitrogens with two attached hydrogens (primary N) is 1. The Hall–Kier alpha value is -1.92. The molecule has 0 radical (unpaired) electrons.